The van der Waals surface area contributed by atoms with Crippen LogP contribution < -0.4 is 5.32 Å². The molecule has 1 heterocycles. The molecule has 5 heteroatoms. The van der Waals surface area contributed by atoms with Gasteiger partial charge in [0.15, 0.2) is 0 Å². The molecular weight excluding hydrogens is 196 g/mol. The van der Waals surface area contributed by atoms with E-state index in [9.17, 15) is 9.59 Å². The van der Waals surface area contributed by atoms with Crippen LogP contribution in [0.15, 0.2) is 0 Å². The van der Waals surface area contributed by atoms with Crippen LogP contribution in [0.2, 0.25) is 0 Å². The zero-order valence-electron chi connectivity index (χ0n) is 9.03. The van der Waals surface area contributed by atoms with Gasteiger partial charge in [-0.3, -0.25) is 4.79 Å². The summed E-state index contributed by atoms with van der Waals surface area (Å²) in [4.78, 5) is 23.1. The van der Waals surface area contributed by atoms with Crippen LogP contribution in [0.4, 0.5) is 4.79 Å². The van der Waals surface area contributed by atoms with E-state index >= 15 is 0 Å². The van der Waals surface area contributed by atoms with Gasteiger partial charge in [0.25, 0.3) is 0 Å². The van der Waals surface area contributed by atoms with Crippen LogP contribution in [0.1, 0.15) is 26.2 Å². The number of nitrogens with one attached hydrogen (secondary N) is 1. The molecule has 0 aromatic rings. The summed E-state index contributed by atoms with van der Waals surface area (Å²) in [6.07, 6.45) is 1.35. The fourth-order valence-corrected chi connectivity index (χ4v) is 1.71. The SMILES string of the molecule is CCC(=O)NCC1CCN(C(=O)O)CC1. The van der Waals surface area contributed by atoms with Crippen molar-refractivity contribution < 1.29 is 14.7 Å². The maximum Gasteiger partial charge on any atom is 0.407 e. The molecular formula is C10H18N2O3. The van der Waals surface area contributed by atoms with Gasteiger partial charge in [-0.2, -0.15) is 0 Å². The van der Waals surface area contributed by atoms with Crippen molar-refractivity contribution in [2.24, 2.45) is 5.92 Å². The Bertz CT molecular complexity index is 235. The number of piperidine rings is 1. The van der Waals surface area contributed by atoms with Gasteiger partial charge in [0.05, 0.1) is 0 Å². The Hall–Kier alpha value is -1.26. The highest BCUT2D eigenvalue weighted by molar-refractivity contribution is 5.75. The lowest BCUT2D eigenvalue weighted by Gasteiger charge is -2.29. The van der Waals surface area contributed by atoms with Gasteiger partial charge >= 0.3 is 6.09 Å². The van der Waals surface area contributed by atoms with Crippen molar-refractivity contribution in [1.82, 2.24) is 10.2 Å². The van der Waals surface area contributed by atoms with Crippen molar-refractivity contribution in [3.05, 3.63) is 0 Å². The molecule has 0 atom stereocenters. The molecule has 0 aromatic heterocycles. The van der Waals surface area contributed by atoms with Gasteiger partial charge < -0.3 is 15.3 Å². The second-order valence-corrected chi connectivity index (χ2v) is 3.87. The number of amides is 2. The summed E-state index contributed by atoms with van der Waals surface area (Å²) in [5, 5.41) is 11.6. The third kappa shape index (κ3) is 3.77. The molecule has 2 N–H and O–H groups in total. The molecule has 1 fully saturated rings. The van der Waals surface area contributed by atoms with Crippen LogP contribution in [0.3, 0.4) is 0 Å². The monoisotopic (exact) mass is 214 g/mol. The van der Waals surface area contributed by atoms with Crippen LogP contribution >= 0.6 is 0 Å². The van der Waals surface area contributed by atoms with E-state index in [1.54, 1.807) is 0 Å². The van der Waals surface area contributed by atoms with Crippen molar-refractivity contribution in [3.8, 4) is 0 Å². The molecule has 5 nitrogen and oxygen atoms in total. The smallest absolute Gasteiger partial charge is 0.407 e. The molecule has 0 spiro atoms. The van der Waals surface area contributed by atoms with Gasteiger partial charge in [0.1, 0.15) is 0 Å². The molecule has 0 unspecified atom stereocenters. The molecule has 1 rings (SSSR count). The molecule has 2 amide bonds. The molecule has 1 saturated heterocycles. The number of carbonyl (C=O) groups excluding carboxylic acids is 1. The van der Waals surface area contributed by atoms with Gasteiger partial charge in [-0.25, -0.2) is 4.79 Å². The molecule has 1 aliphatic rings. The fourth-order valence-electron chi connectivity index (χ4n) is 1.71. The van der Waals surface area contributed by atoms with Gasteiger partial charge in [0, 0.05) is 26.1 Å². The van der Waals surface area contributed by atoms with Gasteiger partial charge in [-0.15, -0.1) is 0 Å². The quantitative estimate of drug-likeness (QED) is 0.733. The third-order valence-corrected chi connectivity index (χ3v) is 2.79. The van der Waals surface area contributed by atoms with Gasteiger partial charge in [-0.1, -0.05) is 6.92 Å². The van der Waals surface area contributed by atoms with Crippen LogP contribution in [-0.2, 0) is 4.79 Å². The average molecular weight is 214 g/mol. The largest absolute Gasteiger partial charge is 0.465 e. The Morgan fingerprint density at radius 2 is 2.00 bits per heavy atom. The Morgan fingerprint density at radius 3 is 2.47 bits per heavy atom. The predicted molar refractivity (Wildman–Crippen MR) is 55.6 cm³/mol. The summed E-state index contributed by atoms with van der Waals surface area (Å²) in [5.41, 5.74) is 0. The minimum atomic E-state index is -0.842. The molecule has 1 aliphatic heterocycles. The molecule has 0 bridgehead atoms. The van der Waals surface area contributed by atoms with E-state index in [-0.39, 0.29) is 5.91 Å². The maximum atomic E-state index is 11.0. The van der Waals surface area contributed by atoms with E-state index in [0.717, 1.165) is 12.8 Å². The lowest BCUT2D eigenvalue weighted by Crippen LogP contribution is -2.40. The van der Waals surface area contributed by atoms with Crippen molar-refractivity contribution in [2.45, 2.75) is 26.2 Å². The summed E-state index contributed by atoms with van der Waals surface area (Å²) in [6, 6.07) is 0. The lowest BCUT2D eigenvalue weighted by molar-refractivity contribution is -0.121. The van der Waals surface area contributed by atoms with Crippen LogP contribution in [-0.4, -0.2) is 41.6 Å². The number of nitrogens with zero attached hydrogens (tertiary/aromatic N) is 1. The van der Waals surface area contributed by atoms with Crippen molar-refractivity contribution >= 4 is 12.0 Å². The van der Waals surface area contributed by atoms with Gasteiger partial charge in [-0.05, 0) is 18.8 Å². The molecule has 0 aliphatic carbocycles. The highest BCUT2D eigenvalue weighted by Crippen LogP contribution is 2.16. The summed E-state index contributed by atoms with van der Waals surface area (Å²) < 4.78 is 0. The summed E-state index contributed by atoms with van der Waals surface area (Å²) in [7, 11) is 0. The van der Waals surface area contributed by atoms with Crippen molar-refractivity contribution in [2.75, 3.05) is 19.6 Å². The second-order valence-electron chi connectivity index (χ2n) is 3.87. The Morgan fingerprint density at radius 1 is 1.40 bits per heavy atom. The van der Waals surface area contributed by atoms with E-state index in [0.29, 0.717) is 32.0 Å². The molecule has 0 radical (unpaired) electrons. The normalized spacial score (nSPS) is 17.5. The number of carbonyl (C=O) groups is 2. The first-order valence-electron chi connectivity index (χ1n) is 5.38. The van der Waals surface area contributed by atoms with E-state index in [2.05, 4.69) is 5.32 Å². The molecule has 0 aromatic carbocycles. The van der Waals surface area contributed by atoms with E-state index in [1.165, 1.54) is 4.90 Å². The average Bonchev–Trinajstić information content (AvgIpc) is 2.26. The molecule has 0 saturated carbocycles. The first kappa shape index (κ1) is 11.8. The number of carboxylic acid groups (broad SMARTS) is 1. The fraction of sp³-hybridized carbons (Fsp3) is 0.800. The van der Waals surface area contributed by atoms with Gasteiger partial charge in [0.2, 0.25) is 5.91 Å². The number of rotatable bonds is 3. The van der Waals surface area contributed by atoms with Crippen LogP contribution in [0.5, 0.6) is 0 Å². The zero-order valence-corrected chi connectivity index (χ0v) is 9.03. The summed E-state index contributed by atoms with van der Waals surface area (Å²) >= 11 is 0. The minimum Gasteiger partial charge on any atom is -0.465 e. The highest BCUT2D eigenvalue weighted by atomic mass is 16.4. The van der Waals surface area contributed by atoms with E-state index < -0.39 is 6.09 Å². The van der Waals surface area contributed by atoms with Crippen molar-refractivity contribution in [3.63, 3.8) is 0 Å². The third-order valence-electron chi connectivity index (χ3n) is 2.79. The number of hydrogen-bond donors (Lipinski definition) is 2. The maximum absolute atomic E-state index is 11.0. The Labute approximate surface area is 89.4 Å². The molecule has 15 heavy (non-hydrogen) atoms. The molecule has 86 valence electrons. The van der Waals surface area contributed by atoms with E-state index in [4.69, 9.17) is 5.11 Å². The second kappa shape index (κ2) is 5.58. The zero-order chi connectivity index (χ0) is 11.3. The van der Waals surface area contributed by atoms with E-state index in [1.807, 2.05) is 6.92 Å². The summed E-state index contributed by atoms with van der Waals surface area (Å²) in [5.74, 6) is 0.492. The minimum absolute atomic E-state index is 0.0654. The lowest BCUT2D eigenvalue weighted by atomic mass is 9.97. The number of likely N-dealkylation sites (tertiary alicyclic amines) is 1. The topological polar surface area (TPSA) is 69.6 Å². The first-order chi connectivity index (χ1) is 7.13. The van der Waals surface area contributed by atoms with Crippen LogP contribution in [0, 0.1) is 5.92 Å². The highest BCUT2D eigenvalue weighted by Gasteiger charge is 2.22. The number of hydrogen-bond acceptors (Lipinski definition) is 2. The predicted octanol–water partition coefficient (Wildman–Crippen LogP) is 0.903. The van der Waals surface area contributed by atoms with Crippen LogP contribution in [0.25, 0.3) is 0 Å². The standard InChI is InChI=1S/C10H18N2O3/c1-2-9(13)11-7-8-3-5-12(6-4-8)10(14)15/h8H,2-7H2,1H3,(H,11,13)(H,14,15). The Kier molecular flexibility index (Phi) is 4.39. The first-order valence-corrected chi connectivity index (χ1v) is 5.38. The Balaban J connectivity index is 2.20. The summed E-state index contributed by atoms with van der Waals surface area (Å²) in [6.45, 7) is 3.67. The van der Waals surface area contributed by atoms with Crippen molar-refractivity contribution in [1.29, 1.82) is 0 Å².